The molecule has 1 heterocycles. The average Bonchev–Trinajstić information content (AvgIpc) is 2.80. The number of amides is 1. The molecule has 0 bridgehead atoms. The van der Waals surface area contributed by atoms with E-state index in [4.69, 9.17) is 28.9 Å². The van der Waals surface area contributed by atoms with Gasteiger partial charge in [0.05, 0.1) is 22.3 Å². The van der Waals surface area contributed by atoms with Crippen LogP contribution in [0.2, 0.25) is 10.0 Å². The van der Waals surface area contributed by atoms with Crippen molar-refractivity contribution in [3.05, 3.63) is 46.0 Å². The molecule has 0 aliphatic heterocycles. The van der Waals surface area contributed by atoms with Crippen LogP contribution in [-0.4, -0.2) is 27.4 Å². The van der Waals surface area contributed by atoms with E-state index < -0.39 is 0 Å². The predicted octanol–water partition coefficient (Wildman–Crippen LogP) is 2.58. The minimum absolute atomic E-state index is 0.196. The summed E-state index contributed by atoms with van der Waals surface area (Å²) in [4.78, 5) is 18.1. The highest BCUT2D eigenvalue weighted by Gasteiger charge is 2.16. The fourth-order valence-corrected chi connectivity index (χ4v) is 2.12. The van der Waals surface area contributed by atoms with Crippen molar-refractivity contribution in [2.45, 2.75) is 6.54 Å². The number of carbonyl (C=O) groups excluding carboxylic acids is 1. The molecular formula is C13H14Cl2N4O. The number of benzene rings is 1. The average molecular weight is 313 g/mol. The summed E-state index contributed by atoms with van der Waals surface area (Å²) in [6.07, 6.45) is 3.51. The summed E-state index contributed by atoms with van der Waals surface area (Å²) in [6.45, 7) is 0.391. The van der Waals surface area contributed by atoms with Crippen molar-refractivity contribution in [1.82, 2.24) is 14.5 Å². The molecule has 1 amide bonds. The lowest BCUT2D eigenvalue weighted by molar-refractivity contribution is 0.0780. The Bertz CT molecular complexity index is 631. The normalized spacial score (nSPS) is 10.6. The highest BCUT2D eigenvalue weighted by atomic mass is 35.5. The second kappa shape index (κ2) is 5.73. The maximum atomic E-state index is 12.3. The second-order valence-electron chi connectivity index (χ2n) is 4.48. The molecule has 5 nitrogen and oxygen atoms in total. The number of halogens is 2. The van der Waals surface area contributed by atoms with Crippen LogP contribution in [0, 0.1) is 0 Å². The fraction of sp³-hybridized carbons (Fsp3) is 0.231. The summed E-state index contributed by atoms with van der Waals surface area (Å²) in [5.74, 6) is 0.590. The molecule has 0 saturated heterocycles. The van der Waals surface area contributed by atoms with Crippen LogP contribution in [0.4, 0.5) is 5.69 Å². The number of hydrogen-bond acceptors (Lipinski definition) is 3. The molecule has 2 N–H and O–H groups in total. The molecule has 0 fully saturated rings. The lowest BCUT2D eigenvalue weighted by atomic mass is 10.2. The maximum absolute atomic E-state index is 12.3. The third kappa shape index (κ3) is 2.89. The van der Waals surface area contributed by atoms with Gasteiger partial charge < -0.3 is 15.2 Å². The van der Waals surface area contributed by atoms with Crippen LogP contribution in [0.3, 0.4) is 0 Å². The largest absolute Gasteiger partial charge is 0.397 e. The van der Waals surface area contributed by atoms with E-state index in [0.717, 1.165) is 5.82 Å². The van der Waals surface area contributed by atoms with E-state index in [2.05, 4.69) is 4.98 Å². The Morgan fingerprint density at radius 2 is 2.15 bits per heavy atom. The molecule has 2 aromatic rings. The molecule has 0 radical (unpaired) electrons. The number of aryl methyl sites for hydroxylation is 1. The number of nitrogens with zero attached hydrogens (tertiary/aromatic N) is 3. The Kier molecular flexibility index (Phi) is 4.20. The molecule has 1 aromatic carbocycles. The first-order chi connectivity index (χ1) is 9.40. The maximum Gasteiger partial charge on any atom is 0.254 e. The van der Waals surface area contributed by atoms with Gasteiger partial charge in [0, 0.05) is 32.1 Å². The Morgan fingerprint density at radius 3 is 2.70 bits per heavy atom. The number of hydrogen-bond donors (Lipinski definition) is 1. The number of aromatic nitrogens is 2. The zero-order valence-corrected chi connectivity index (χ0v) is 12.6. The Balaban J connectivity index is 2.21. The minimum atomic E-state index is -0.196. The summed E-state index contributed by atoms with van der Waals surface area (Å²) in [7, 11) is 3.56. The molecule has 0 aliphatic carbocycles. The van der Waals surface area contributed by atoms with Crippen molar-refractivity contribution in [2.24, 2.45) is 7.05 Å². The van der Waals surface area contributed by atoms with Gasteiger partial charge in [-0.05, 0) is 12.1 Å². The molecule has 7 heteroatoms. The van der Waals surface area contributed by atoms with Crippen molar-refractivity contribution < 1.29 is 4.79 Å². The topological polar surface area (TPSA) is 64.2 Å². The summed E-state index contributed by atoms with van der Waals surface area (Å²) in [5.41, 5.74) is 6.40. The van der Waals surface area contributed by atoms with Gasteiger partial charge in [-0.3, -0.25) is 4.79 Å². The number of rotatable bonds is 3. The SMILES string of the molecule is CN(Cc1nccn1C)C(=O)c1cc(N)c(Cl)c(Cl)c1. The van der Waals surface area contributed by atoms with Gasteiger partial charge in [0.15, 0.2) is 0 Å². The van der Waals surface area contributed by atoms with Crippen LogP contribution in [-0.2, 0) is 13.6 Å². The summed E-state index contributed by atoms with van der Waals surface area (Å²) in [6, 6.07) is 3.03. The monoisotopic (exact) mass is 312 g/mol. The lowest BCUT2D eigenvalue weighted by Gasteiger charge is -2.17. The van der Waals surface area contributed by atoms with E-state index in [0.29, 0.717) is 12.1 Å². The van der Waals surface area contributed by atoms with Gasteiger partial charge in [0.25, 0.3) is 5.91 Å². The van der Waals surface area contributed by atoms with Crippen LogP contribution in [0.5, 0.6) is 0 Å². The molecule has 106 valence electrons. The minimum Gasteiger partial charge on any atom is -0.397 e. The number of nitrogen functional groups attached to an aromatic ring is 1. The van der Waals surface area contributed by atoms with Crippen molar-refractivity contribution in [1.29, 1.82) is 0 Å². The number of nitrogens with two attached hydrogens (primary N) is 1. The Hall–Kier alpha value is -1.72. The summed E-state index contributed by atoms with van der Waals surface area (Å²) >= 11 is 11.8. The van der Waals surface area contributed by atoms with Crippen LogP contribution in [0.25, 0.3) is 0 Å². The van der Waals surface area contributed by atoms with Crippen molar-refractivity contribution in [3.63, 3.8) is 0 Å². The third-order valence-corrected chi connectivity index (χ3v) is 3.77. The molecule has 1 aromatic heterocycles. The molecule has 0 unspecified atom stereocenters. The van der Waals surface area contributed by atoms with Gasteiger partial charge in [0.1, 0.15) is 5.82 Å². The van der Waals surface area contributed by atoms with Gasteiger partial charge in [-0.2, -0.15) is 0 Å². The van der Waals surface area contributed by atoms with Crippen LogP contribution >= 0.6 is 23.2 Å². The number of imidazole rings is 1. The molecular weight excluding hydrogens is 299 g/mol. The zero-order valence-electron chi connectivity index (χ0n) is 11.1. The third-order valence-electron chi connectivity index (χ3n) is 2.95. The quantitative estimate of drug-likeness (QED) is 0.886. The molecule has 20 heavy (non-hydrogen) atoms. The summed E-state index contributed by atoms with van der Waals surface area (Å²) < 4.78 is 1.85. The first-order valence-electron chi connectivity index (χ1n) is 5.86. The van der Waals surface area contributed by atoms with E-state index in [1.807, 2.05) is 17.8 Å². The van der Waals surface area contributed by atoms with Crippen LogP contribution in [0.15, 0.2) is 24.5 Å². The van der Waals surface area contributed by atoms with E-state index in [1.54, 1.807) is 18.1 Å². The molecule has 0 atom stereocenters. The Labute approximate surface area is 126 Å². The van der Waals surface area contributed by atoms with E-state index in [9.17, 15) is 4.79 Å². The smallest absolute Gasteiger partial charge is 0.254 e. The molecule has 0 aliphatic rings. The fourth-order valence-electron chi connectivity index (χ4n) is 1.79. The van der Waals surface area contributed by atoms with Crippen molar-refractivity contribution >= 4 is 34.8 Å². The lowest BCUT2D eigenvalue weighted by Crippen LogP contribution is -2.27. The van der Waals surface area contributed by atoms with Gasteiger partial charge >= 0.3 is 0 Å². The van der Waals surface area contributed by atoms with E-state index >= 15 is 0 Å². The highest BCUT2D eigenvalue weighted by Crippen LogP contribution is 2.29. The van der Waals surface area contributed by atoms with Gasteiger partial charge in [-0.15, -0.1) is 0 Å². The zero-order chi connectivity index (χ0) is 14.9. The molecule has 0 spiro atoms. The standard InChI is InChI=1S/C13H14Cl2N4O/c1-18-4-3-17-11(18)7-19(2)13(20)8-5-9(14)12(15)10(16)6-8/h3-6H,7,16H2,1-2H3. The summed E-state index contributed by atoms with van der Waals surface area (Å²) in [5, 5.41) is 0.523. The van der Waals surface area contributed by atoms with Gasteiger partial charge in [-0.1, -0.05) is 23.2 Å². The predicted molar refractivity (Wildman–Crippen MR) is 79.9 cm³/mol. The Morgan fingerprint density at radius 1 is 1.45 bits per heavy atom. The van der Waals surface area contributed by atoms with Crippen molar-refractivity contribution in [3.8, 4) is 0 Å². The highest BCUT2D eigenvalue weighted by molar-refractivity contribution is 6.43. The van der Waals surface area contributed by atoms with Crippen LogP contribution < -0.4 is 5.73 Å². The number of anilines is 1. The van der Waals surface area contributed by atoms with E-state index in [1.165, 1.54) is 12.1 Å². The molecule has 2 rings (SSSR count). The number of carbonyl (C=O) groups is 1. The van der Waals surface area contributed by atoms with E-state index in [-0.39, 0.29) is 21.6 Å². The first kappa shape index (κ1) is 14.7. The van der Waals surface area contributed by atoms with Gasteiger partial charge in [-0.25, -0.2) is 4.98 Å². The second-order valence-corrected chi connectivity index (χ2v) is 5.26. The molecule has 0 saturated carbocycles. The first-order valence-corrected chi connectivity index (χ1v) is 6.62. The van der Waals surface area contributed by atoms with Crippen LogP contribution in [0.1, 0.15) is 16.2 Å². The van der Waals surface area contributed by atoms with Gasteiger partial charge in [0.2, 0.25) is 0 Å². The van der Waals surface area contributed by atoms with Crippen molar-refractivity contribution in [2.75, 3.05) is 12.8 Å².